The van der Waals surface area contributed by atoms with Gasteiger partial charge < -0.3 is 9.47 Å². The van der Waals surface area contributed by atoms with Crippen molar-refractivity contribution < 1.29 is 27.1 Å². The molecule has 0 N–H and O–H groups in total. The van der Waals surface area contributed by atoms with Crippen LogP contribution in [0.15, 0.2) is 47.4 Å². The summed E-state index contributed by atoms with van der Waals surface area (Å²) in [5.74, 6) is -1.57. The second kappa shape index (κ2) is 6.78. The number of esters is 1. The highest BCUT2D eigenvalue weighted by Crippen LogP contribution is 2.28. The van der Waals surface area contributed by atoms with E-state index in [2.05, 4.69) is 4.74 Å². The Balaban J connectivity index is 2.45. The van der Waals surface area contributed by atoms with Crippen LogP contribution in [0.2, 0.25) is 0 Å². The summed E-state index contributed by atoms with van der Waals surface area (Å²) < 4.78 is 47.9. The third kappa shape index (κ3) is 3.68. The molecule has 0 aliphatic carbocycles. The fraction of sp³-hybridized carbons (Fsp3) is 0.188. The van der Waals surface area contributed by atoms with Crippen molar-refractivity contribution in [2.24, 2.45) is 0 Å². The maximum Gasteiger partial charge on any atom is 0.341 e. The van der Waals surface area contributed by atoms with E-state index in [0.717, 1.165) is 12.1 Å². The first-order valence-corrected chi connectivity index (χ1v) is 8.27. The number of sulfone groups is 1. The van der Waals surface area contributed by atoms with Gasteiger partial charge in [0.2, 0.25) is 0 Å². The minimum atomic E-state index is -3.79. The van der Waals surface area contributed by atoms with Crippen LogP contribution < -0.4 is 4.74 Å². The summed E-state index contributed by atoms with van der Waals surface area (Å²) in [5, 5.41) is 0. The Kier molecular flexibility index (Phi) is 5.00. The zero-order chi connectivity index (χ0) is 17.0. The Morgan fingerprint density at radius 3 is 2.43 bits per heavy atom. The van der Waals surface area contributed by atoms with Gasteiger partial charge in [0.25, 0.3) is 0 Å². The summed E-state index contributed by atoms with van der Waals surface area (Å²) in [7, 11) is -1.24. The van der Waals surface area contributed by atoms with E-state index in [0.29, 0.717) is 5.56 Å². The predicted octanol–water partition coefficient (Wildman–Crippen LogP) is 2.59. The summed E-state index contributed by atoms with van der Waals surface area (Å²) in [4.78, 5) is 11.6. The number of halogens is 1. The summed E-state index contributed by atoms with van der Waals surface area (Å²) in [6.45, 7) is 0. The minimum absolute atomic E-state index is 0.124. The summed E-state index contributed by atoms with van der Waals surface area (Å²) in [5.41, 5.74) is 0.418. The van der Waals surface area contributed by atoms with Crippen LogP contribution in [-0.4, -0.2) is 28.6 Å². The molecule has 0 bridgehead atoms. The molecule has 0 aromatic heterocycles. The van der Waals surface area contributed by atoms with Crippen molar-refractivity contribution in [3.63, 3.8) is 0 Å². The molecule has 0 aliphatic rings. The second-order valence-electron chi connectivity index (χ2n) is 4.71. The highest BCUT2D eigenvalue weighted by atomic mass is 32.2. The maximum absolute atomic E-state index is 13.2. The quantitative estimate of drug-likeness (QED) is 0.784. The molecule has 0 unspecified atom stereocenters. The molecule has 0 heterocycles. The van der Waals surface area contributed by atoms with Gasteiger partial charge in [0.15, 0.2) is 9.84 Å². The molecule has 0 atom stereocenters. The van der Waals surface area contributed by atoms with Crippen molar-refractivity contribution in [3.8, 4) is 5.75 Å². The van der Waals surface area contributed by atoms with Crippen molar-refractivity contribution in [3.05, 3.63) is 59.4 Å². The maximum atomic E-state index is 13.2. The van der Waals surface area contributed by atoms with Crippen molar-refractivity contribution >= 4 is 15.8 Å². The number of carbonyl (C=O) groups is 1. The highest BCUT2D eigenvalue weighted by Gasteiger charge is 2.22. The zero-order valence-corrected chi connectivity index (χ0v) is 13.4. The van der Waals surface area contributed by atoms with Crippen LogP contribution in [0.3, 0.4) is 0 Å². The number of methoxy groups -OCH3 is 2. The van der Waals surface area contributed by atoms with Crippen molar-refractivity contribution in [2.75, 3.05) is 14.2 Å². The zero-order valence-electron chi connectivity index (χ0n) is 12.6. The molecule has 7 heteroatoms. The third-order valence-corrected chi connectivity index (χ3v) is 4.87. The van der Waals surface area contributed by atoms with Crippen molar-refractivity contribution in [1.82, 2.24) is 0 Å². The van der Waals surface area contributed by atoms with Crippen LogP contribution >= 0.6 is 0 Å². The Labute approximate surface area is 133 Å². The smallest absolute Gasteiger partial charge is 0.341 e. The van der Waals surface area contributed by atoms with Gasteiger partial charge in [0.1, 0.15) is 17.1 Å². The molecular weight excluding hydrogens is 323 g/mol. The molecule has 5 nitrogen and oxygen atoms in total. The Bertz CT molecular complexity index is 830. The third-order valence-electron chi connectivity index (χ3n) is 3.21. The Hall–Kier alpha value is -2.41. The molecule has 0 radical (unpaired) electrons. The average molecular weight is 338 g/mol. The predicted molar refractivity (Wildman–Crippen MR) is 81.6 cm³/mol. The van der Waals surface area contributed by atoms with E-state index in [1.807, 2.05) is 0 Å². The first kappa shape index (κ1) is 17.0. The van der Waals surface area contributed by atoms with Crippen molar-refractivity contribution in [2.45, 2.75) is 10.6 Å². The summed E-state index contributed by atoms with van der Waals surface area (Å²) in [6.07, 6.45) is 0. The Morgan fingerprint density at radius 2 is 1.83 bits per heavy atom. The topological polar surface area (TPSA) is 69.7 Å². The van der Waals surface area contributed by atoms with Crippen LogP contribution in [-0.2, 0) is 20.3 Å². The first-order valence-electron chi connectivity index (χ1n) is 6.61. The van der Waals surface area contributed by atoms with E-state index in [1.54, 1.807) is 0 Å². The molecule has 0 fully saturated rings. The van der Waals surface area contributed by atoms with Crippen molar-refractivity contribution in [1.29, 1.82) is 0 Å². The van der Waals surface area contributed by atoms with Gasteiger partial charge in [-0.25, -0.2) is 17.6 Å². The molecule has 2 rings (SSSR count). The number of ether oxygens (including phenoxy) is 2. The lowest BCUT2D eigenvalue weighted by Crippen LogP contribution is -2.10. The SMILES string of the molecule is COC(=O)c1cccc(CS(=O)(=O)c2cccc(F)c2)c1OC. The minimum Gasteiger partial charge on any atom is -0.496 e. The molecule has 0 saturated heterocycles. The molecule has 23 heavy (non-hydrogen) atoms. The number of rotatable bonds is 5. The fourth-order valence-corrected chi connectivity index (χ4v) is 3.54. The Morgan fingerprint density at radius 1 is 1.13 bits per heavy atom. The monoisotopic (exact) mass is 338 g/mol. The standard InChI is InChI=1S/C16H15FO5S/c1-21-15-11(5-3-8-14(15)16(18)22-2)10-23(19,20)13-7-4-6-12(17)9-13/h3-9H,10H2,1-2H3. The summed E-state index contributed by atoms with van der Waals surface area (Å²) >= 11 is 0. The lowest BCUT2D eigenvalue weighted by Gasteiger charge is -2.12. The van der Waals surface area contributed by atoms with Gasteiger partial charge in [0.05, 0.1) is 24.9 Å². The number of benzene rings is 2. The van der Waals surface area contributed by atoms with Gasteiger partial charge in [-0.1, -0.05) is 18.2 Å². The van der Waals surface area contributed by atoms with E-state index < -0.39 is 27.4 Å². The van der Waals surface area contributed by atoms with Gasteiger partial charge in [-0.2, -0.15) is 0 Å². The highest BCUT2D eigenvalue weighted by molar-refractivity contribution is 7.90. The van der Waals surface area contributed by atoms with Crippen LogP contribution in [0.1, 0.15) is 15.9 Å². The van der Waals surface area contributed by atoms with Crippen LogP contribution in [0.5, 0.6) is 5.75 Å². The van der Waals surface area contributed by atoms with Crippen LogP contribution in [0.25, 0.3) is 0 Å². The molecule has 122 valence electrons. The van der Waals surface area contributed by atoms with Crippen LogP contribution in [0.4, 0.5) is 4.39 Å². The molecular formula is C16H15FO5S. The number of hydrogen-bond donors (Lipinski definition) is 0. The molecule has 2 aromatic carbocycles. The fourth-order valence-electron chi connectivity index (χ4n) is 2.16. The normalized spacial score (nSPS) is 11.1. The van der Waals surface area contributed by atoms with Gasteiger partial charge in [-0.15, -0.1) is 0 Å². The van der Waals surface area contributed by atoms with E-state index in [1.165, 1.54) is 44.6 Å². The molecule has 0 spiro atoms. The largest absolute Gasteiger partial charge is 0.496 e. The molecule has 2 aromatic rings. The van der Waals surface area contributed by atoms with Gasteiger partial charge >= 0.3 is 5.97 Å². The summed E-state index contributed by atoms with van der Waals surface area (Å²) in [6, 6.07) is 9.29. The van der Waals surface area contributed by atoms with Crippen LogP contribution in [0, 0.1) is 5.82 Å². The van der Waals surface area contributed by atoms with Gasteiger partial charge in [0, 0.05) is 5.56 Å². The molecule has 0 aliphatic heterocycles. The number of carbonyl (C=O) groups excluding carboxylic acids is 1. The van der Waals surface area contributed by atoms with E-state index in [9.17, 15) is 17.6 Å². The van der Waals surface area contributed by atoms with Gasteiger partial charge in [-0.3, -0.25) is 0 Å². The first-order chi connectivity index (χ1) is 10.9. The van der Waals surface area contributed by atoms with E-state index >= 15 is 0 Å². The van der Waals surface area contributed by atoms with Gasteiger partial charge in [-0.05, 0) is 24.3 Å². The number of para-hydroxylation sites is 1. The lowest BCUT2D eigenvalue weighted by molar-refractivity contribution is 0.0597. The van der Waals surface area contributed by atoms with E-state index in [4.69, 9.17) is 4.74 Å². The lowest BCUT2D eigenvalue weighted by atomic mass is 10.1. The van der Waals surface area contributed by atoms with E-state index in [-0.39, 0.29) is 16.2 Å². The second-order valence-corrected chi connectivity index (χ2v) is 6.70. The number of hydrogen-bond acceptors (Lipinski definition) is 5. The molecule has 0 saturated carbocycles. The molecule has 0 amide bonds. The average Bonchev–Trinajstić information content (AvgIpc) is 2.53.